The van der Waals surface area contributed by atoms with Crippen LogP contribution in [0, 0.1) is 5.92 Å². The van der Waals surface area contributed by atoms with Crippen LogP contribution in [-0.4, -0.2) is 57.7 Å². The van der Waals surface area contributed by atoms with Crippen LogP contribution in [0.25, 0.3) is 0 Å². The average Bonchev–Trinajstić information content (AvgIpc) is 3.20. The number of fused-ring (bicyclic) bond motifs is 1. The number of rotatable bonds is 11. The van der Waals surface area contributed by atoms with Gasteiger partial charge in [0.15, 0.2) is 0 Å². The molecule has 2 aliphatic heterocycles. The maximum absolute atomic E-state index is 12.9. The Bertz CT molecular complexity index is 1050. The fourth-order valence-corrected chi connectivity index (χ4v) is 4.90. The van der Waals surface area contributed by atoms with Crippen molar-refractivity contribution in [2.45, 2.75) is 45.4 Å². The zero-order valence-electron chi connectivity index (χ0n) is 22.3. The molecule has 1 fully saturated rings. The van der Waals surface area contributed by atoms with E-state index in [0.29, 0.717) is 41.9 Å². The highest BCUT2D eigenvalue weighted by molar-refractivity contribution is 6.38. The maximum Gasteiger partial charge on any atom is 0.265 e. The van der Waals surface area contributed by atoms with Crippen LogP contribution >= 0.6 is 0 Å². The van der Waals surface area contributed by atoms with E-state index < -0.39 is 0 Å². The average molecular weight is 492 g/mol. The van der Waals surface area contributed by atoms with Gasteiger partial charge >= 0.3 is 0 Å². The molecule has 1 unspecified atom stereocenters. The van der Waals surface area contributed by atoms with Crippen molar-refractivity contribution in [3.05, 3.63) is 66.2 Å². The number of hydrogen-bond donors (Lipinski definition) is 2. The second kappa shape index (κ2) is 12.8. The van der Waals surface area contributed by atoms with Gasteiger partial charge in [-0.05, 0) is 63.7 Å². The number of nitrogens with zero attached hydrogens (tertiary/aromatic N) is 3. The normalized spacial score (nSPS) is 21.3. The molecule has 36 heavy (non-hydrogen) atoms. The molecule has 2 heterocycles. The minimum Gasteiger partial charge on any atom is -0.385 e. The summed E-state index contributed by atoms with van der Waals surface area (Å²) in [5.74, 6) is 0.337. The lowest BCUT2D eigenvalue weighted by Crippen LogP contribution is -2.38. The highest BCUT2D eigenvalue weighted by atomic mass is 16.5. The molecule has 0 radical (unpaired) electrons. The van der Waals surface area contributed by atoms with E-state index in [0.717, 1.165) is 44.6 Å². The first-order chi connectivity index (χ1) is 17.3. The molecule has 2 N–H and O–H groups in total. The van der Waals surface area contributed by atoms with Crippen LogP contribution in [0.4, 0.5) is 5.69 Å². The number of piperidine rings is 1. The van der Waals surface area contributed by atoms with E-state index in [2.05, 4.69) is 58.8 Å². The second-order valence-corrected chi connectivity index (χ2v) is 9.90. The summed E-state index contributed by atoms with van der Waals surface area (Å²) in [5.41, 5.74) is 4.64. The minimum atomic E-state index is -0.161. The first kappa shape index (κ1) is 27.6. The lowest BCUT2D eigenvalue weighted by atomic mass is 9.82. The van der Waals surface area contributed by atoms with E-state index in [-0.39, 0.29) is 11.3 Å². The summed E-state index contributed by atoms with van der Waals surface area (Å²) in [6.45, 7) is 18.1. The van der Waals surface area contributed by atoms with Crippen LogP contribution in [0.15, 0.2) is 70.6 Å². The molecule has 2 aliphatic rings. The van der Waals surface area contributed by atoms with Crippen molar-refractivity contribution in [1.29, 1.82) is 0 Å². The van der Waals surface area contributed by atoms with Crippen LogP contribution in [0.1, 0.15) is 45.6 Å². The van der Waals surface area contributed by atoms with Gasteiger partial charge in [-0.25, -0.2) is 4.99 Å². The fraction of sp³-hybridized carbons (Fsp3) is 0.483. The van der Waals surface area contributed by atoms with Crippen molar-refractivity contribution in [3.8, 4) is 0 Å². The molecular formula is C29H41N5O2. The number of carbonyl (C=O) groups is 1. The molecule has 1 aromatic carbocycles. The van der Waals surface area contributed by atoms with E-state index in [4.69, 9.17) is 9.73 Å². The number of ether oxygens (including phenoxy) is 1. The molecular weight excluding hydrogens is 450 g/mol. The Hall–Kier alpha value is -3.03. The zero-order chi connectivity index (χ0) is 26.1. The van der Waals surface area contributed by atoms with Gasteiger partial charge in [-0.2, -0.15) is 0 Å². The number of allylic oxidation sites excluding steroid dienone is 2. The second-order valence-electron chi connectivity index (χ2n) is 9.90. The number of carbonyl (C=O) groups excluding carboxylic acids is 1. The van der Waals surface area contributed by atoms with E-state index in [9.17, 15) is 4.79 Å². The van der Waals surface area contributed by atoms with Crippen LogP contribution in [0.5, 0.6) is 0 Å². The van der Waals surface area contributed by atoms with Gasteiger partial charge in [-0.3, -0.25) is 9.79 Å². The number of methoxy groups -OCH3 is 1. The summed E-state index contributed by atoms with van der Waals surface area (Å²) < 4.78 is 5.41. The Labute approximate surface area is 216 Å². The van der Waals surface area contributed by atoms with Gasteiger partial charge in [0, 0.05) is 44.1 Å². The summed E-state index contributed by atoms with van der Waals surface area (Å²) >= 11 is 0. The maximum atomic E-state index is 12.9. The third-order valence-corrected chi connectivity index (χ3v) is 7.14. The molecule has 7 nitrogen and oxygen atoms in total. The Morgan fingerprint density at radius 3 is 2.72 bits per heavy atom. The van der Waals surface area contributed by atoms with Crippen molar-refractivity contribution in [3.63, 3.8) is 0 Å². The van der Waals surface area contributed by atoms with Gasteiger partial charge in [0.05, 0.1) is 11.4 Å². The molecule has 7 heteroatoms. The number of aliphatic imine (C=N–C) groups is 2. The molecule has 194 valence electrons. The van der Waals surface area contributed by atoms with Crippen molar-refractivity contribution >= 4 is 23.5 Å². The third-order valence-electron chi connectivity index (χ3n) is 7.14. The molecule has 1 aromatic rings. The standard InChI is InChI=1S/C29H41N5O2/c1-7-15-31-21(2)27(33-22(3)28(35)32-19-24-12-16-30-17-13-24)23(4)34-20-29(5,14-18-36-6)25-10-8-9-11-26(25)34/h7-11,15,24,30H,1,4,12-14,16-20H2,2-3,5-6H3,(H,32,35)/b27-21+,31-15-,33-22+. The predicted octanol–water partition coefficient (Wildman–Crippen LogP) is 4.38. The van der Waals surface area contributed by atoms with Crippen molar-refractivity contribution in [2.24, 2.45) is 15.9 Å². The van der Waals surface area contributed by atoms with Crippen molar-refractivity contribution in [1.82, 2.24) is 10.6 Å². The summed E-state index contributed by atoms with van der Waals surface area (Å²) in [4.78, 5) is 24.4. The molecule has 0 spiro atoms. The lowest BCUT2D eigenvalue weighted by molar-refractivity contribution is -0.115. The first-order valence-corrected chi connectivity index (χ1v) is 12.8. The van der Waals surface area contributed by atoms with Gasteiger partial charge in [0.1, 0.15) is 11.4 Å². The molecule has 1 atom stereocenters. The van der Waals surface area contributed by atoms with Crippen LogP contribution in [0.2, 0.25) is 0 Å². The fourth-order valence-electron chi connectivity index (χ4n) is 4.90. The largest absolute Gasteiger partial charge is 0.385 e. The predicted molar refractivity (Wildman–Crippen MR) is 150 cm³/mol. The van der Waals surface area contributed by atoms with E-state index in [1.165, 1.54) is 5.56 Å². The Balaban J connectivity index is 1.88. The van der Waals surface area contributed by atoms with E-state index in [1.807, 2.05) is 13.0 Å². The van der Waals surface area contributed by atoms with E-state index >= 15 is 0 Å². The molecule has 0 bridgehead atoms. The number of amides is 1. The van der Waals surface area contributed by atoms with E-state index in [1.54, 1.807) is 26.3 Å². The number of para-hydroxylation sites is 1. The highest BCUT2D eigenvalue weighted by Crippen LogP contribution is 2.45. The third kappa shape index (κ3) is 6.59. The molecule has 0 saturated carbocycles. The number of benzene rings is 1. The van der Waals surface area contributed by atoms with Gasteiger partial charge in [0.2, 0.25) is 0 Å². The zero-order valence-corrected chi connectivity index (χ0v) is 22.3. The highest BCUT2D eigenvalue weighted by Gasteiger charge is 2.40. The lowest BCUT2D eigenvalue weighted by Gasteiger charge is -2.28. The smallest absolute Gasteiger partial charge is 0.265 e. The van der Waals surface area contributed by atoms with Crippen LogP contribution < -0.4 is 15.5 Å². The molecule has 1 saturated heterocycles. The molecule has 3 rings (SSSR count). The Kier molecular flexibility index (Phi) is 9.79. The molecule has 0 aliphatic carbocycles. The number of anilines is 1. The minimum absolute atomic E-state index is 0.0933. The van der Waals surface area contributed by atoms with Crippen LogP contribution in [0.3, 0.4) is 0 Å². The quantitative estimate of drug-likeness (QED) is 0.356. The summed E-state index contributed by atoms with van der Waals surface area (Å²) in [5, 5.41) is 6.43. The van der Waals surface area contributed by atoms with Gasteiger partial charge in [-0.1, -0.05) is 44.4 Å². The summed E-state index contributed by atoms with van der Waals surface area (Å²) in [7, 11) is 1.73. The Morgan fingerprint density at radius 2 is 2.03 bits per heavy atom. The summed E-state index contributed by atoms with van der Waals surface area (Å²) in [6.07, 6.45) is 6.29. The number of hydrogen-bond acceptors (Lipinski definition) is 6. The van der Waals surface area contributed by atoms with Crippen LogP contribution in [-0.2, 0) is 14.9 Å². The van der Waals surface area contributed by atoms with Gasteiger partial charge in [-0.15, -0.1) is 0 Å². The molecule has 0 aromatic heterocycles. The van der Waals surface area contributed by atoms with Crippen molar-refractivity contribution < 1.29 is 9.53 Å². The number of nitrogens with one attached hydrogen (secondary N) is 2. The SMILES string of the molecule is C=C\C=N/C(C)=C(/N=C(\C)C(=O)NCC1CCNCC1)C(=C)N1CC(C)(CCOC)c2ccccc21. The molecule has 1 amide bonds. The first-order valence-electron chi connectivity index (χ1n) is 12.8. The monoisotopic (exact) mass is 491 g/mol. The summed E-state index contributed by atoms with van der Waals surface area (Å²) in [6, 6.07) is 8.39. The van der Waals surface area contributed by atoms with Gasteiger partial charge < -0.3 is 20.3 Å². The van der Waals surface area contributed by atoms with Gasteiger partial charge in [0.25, 0.3) is 5.91 Å². The Morgan fingerprint density at radius 1 is 1.31 bits per heavy atom. The topological polar surface area (TPSA) is 78.3 Å². The van der Waals surface area contributed by atoms with Crippen molar-refractivity contribution in [2.75, 3.05) is 44.8 Å².